The molecule has 3 rings (SSSR count). The second-order valence-electron chi connectivity index (χ2n) is 6.74. The Labute approximate surface area is 148 Å². The van der Waals surface area contributed by atoms with Gasteiger partial charge in [0.2, 0.25) is 0 Å². The summed E-state index contributed by atoms with van der Waals surface area (Å²) in [6, 6.07) is 14.0. The van der Waals surface area contributed by atoms with Gasteiger partial charge in [0.1, 0.15) is 0 Å². The quantitative estimate of drug-likeness (QED) is 0.583. The van der Waals surface area contributed by atoms with Gasteiger partial charge in [-0.3, -0.25) is 4.98 Å². The summed E-state index contributed by atoms with van der Waals surface area (Å²) in [5, 5.41) is 0. The van der Waals surface area contributed by atoms with Gasteiger partial charge in [-0.2, -0.15) is 4.39 Å². The van der Waals surface area contributed by atoms with E-state index >= 15 is 0 Å². The maximum absolute atomic E-state index is 14.0. The summed E-state index contributed by atoms with van der Waals surface area (Å²) < 4.78 is 14.0. The van der Waals surface area contributed by atoms with Crippen molar-refractivity contribution in [2.75, 3.05) is 0 Å². The minimum Gasteiger partial charge on any atom is -0.256 e. The van der Waals surface area contributed by atoms with Gasteiger partial charge in [-0.05, 0) is 29.5 Å². The van der Waals surface area contributed by atoms with Crippen LogP contribution < -0.4 is 0 Å². The zero-order valence-corrected chi connectivity index (χ0v) is 15.0. The van der Waals surface area contributed by atoms with E-state index in [1.54, 1.807) is 6.20 Å². The summed E-state index contributed by atoms with van der Waals surface area (Å²) in [7, 11) is 0. The summed E-state index contributed by atoms with van der Waals surface area (Å²) in [6.07, 6.45) is 1.13. The first-order chi connectivity index (χ1) is 12.0. The van der Waals surface area contributed by atoms with Crippen molar-refractivity contribution in [1.82, 2.24) is 15.0 Å². The third kappa shape index (κ3) is 3.58. The lowest BCUT2D eigenvalue weighted by Gasteiger charge is -2.18. The van der Waals surface area contributed by atoms with Crippen LogP contribution in [0.4, 0.5) is 4.39 Å². The Hall–Kier alpha value is -2.62. The molecule has 0 N–H and O–H groups in total. The van der Waals surface area contributed by atoms with Crippen molar-refractivity contribution in [3.05, 3.63) is 66.1 Å². The lowest BCUT2D eigenvalue weighted by molar-refractivity contribution is 0.518. The lowest BCUT2D eigenvalue weighted by atomic mass is 9.92. The summed E-state index contributed by atoms with van der Waals surface area (Å²) >= 11 is 0. The van der Waals surface area contributed by atoms with E-state index in [2.05, 4.69) is 15.0 Å². The van der Waals surface area contributed by atoms with Crippen molar-refractivity contribution >= 4 is 0 Å². The minimum absolute atomic E-state index is 0.0957. The molecule has 1 aromatic carbocycles. The average molecular weight is 335 g/mol. The van der Waals surface area contributed by atoms with E-state index in [9.17, 15) is 4.39 Å². The molecular weight excluding hydrogens is 313 g/mol. The molecule has 2 aromatic heterocycles. The smallest absolute Gasteiger partial charge is 0.256 e. The molecule has 0 saturated carbocycles. The van der Waals surface area contributed by atoms with Gasteiger partial charge in [0, 0.05) is 17.3 Å². The lowest BCUT2D eigenvalue weighted by Crippen LogP contribution is -2.09. The number of halogens is 1. The molecule has 0 amide bonds. The predicted molar refractivity (Wildman–Crippen MR) is 98.8 cm³/mol. The molecule has 4 heteroatoms. The molecule has 0 radical (unpaired) electrons. The van der Waals surface area contributed by atoms with Crippen LogP contribution in [0, 0.1) is 6.08 Å². The fourth-order valence-corrected chi connectivity index (χ4v) is 2.95. The highest BCUT2D eigenvalue weighted by molar-refractivity contribution is 5.74. The second-order valence-corrected chi connectivity index (χ2v) is 6.74. The number of pyridine rings is 1. The Balaban J connectivity index is 2.23. The summed E-state index contributed by atoms with van der Waals surface area (Å²) in [4.78, 5) is 12.7. The molecule has 25 heavy (non-hydrogen) atoms. The molecule has 128 valence electrons. The Morgan fingerprint density at radius 1 is 0.800 bits per heavy atom. The first-order valence-corrected chi connectivity index (χ1v) is 8.56. The summed E-state index contributed by atoms with van der Waals surface area (Å²) in [5.41, 5.74) is 5.30. The highest BCUT2D eigenvalue weighted by Crippen LogP contribution is 2.35. The number of benzene rings is 1. The van der Waals surface area contributed by atoms with E-state index < -0.39 is 6.08 Å². The van der Waals surface area contributed by atoms with Crippen molar-refractivity contribution in [3.63, 3.8) is 0 Å². The molecule has 0 saturated heterocycles. The largest absolute Gasteiger partial charge is 0.309 e. The van der Waals surface area contributed by atoms with E-state index in [0.29, 0.717) is 0 Å². The fraction of sp³-hybridized carbons (Fsp3) is 0.286. The molecule has 3 aromatic rings. The summed E-state index contributed by atoms with van der Waals surface area (Å²) in [6.45, 7) is 8.09. The number of hydrogen-bond donors (Lipinski definition) is 0. The van der Waals surface area contributed by atoms with E-state index in [1.165, 1.54) is 0 Å². The van der Waals surface area contributed by atoms with Gasteiger partial charge in [0.15, 0.2) is 0 Å². The molecular formula is C21H22FN3. The van der Waals surface area contributed by atoms with Gasteiger partial charge in [-0.1, -0.05) is 58.0 Å². The van der Waals surface area contributed by atoms with Crippen LogP contribution in [-0.4, -0.2) is 15.0 Å². The monoisotopic (exact) mass is 335 g/mol. The Morgan fingerprint density at radius 3 is 1.96 bits per heavy atom. The molecule has 0 bridgehead atoms. The van der Waals surface area contributed by atoms with Gasteiger partial charge in [0.05, 0.1) is 17.1 Å². The zero-order valence-electron chi connectivity index (χ0n) is 15.0. The number of aromatic nitrogens is 3. The van der Waals surface area contributed by atoms with E-state index in [1.807, 2.05) is 70.2 Å². The fourth-order valence-electron chi connectivity index (χ4n) is 2.95. The maximum Gasteiger partial charge on any atom is 0.309 e. The van der Waals surface area contributed by atoms with Crippen molar-refractivity contribution in [2.24, 2.45) is 0 Å². The third-order valence-electron chi connectivity index (χ3n) is 4.15. The van der Waals surface area contributed by atoms with Crippen molar-refractivity contribution in [1.29, 1.82) is 0 Å². The molecule has 0 fully saturated rings. The highest BCUT2D eigenvalue weighted by Gasteiger charge is 2.21. The van der Waals surface area contributed by atoms with Crippen LogP contribution in [0.5, 0.6) is 0 Å². The highest BCUT2D eigenvalue weighted by atomic mass is 19.1. The molecule has 0 aliphatic carbocycles. The first-order valence-electron chi connectivity index (χ1n) is 8.56. The standard InChI is InChI=1S/C21H22FN3/c1-13(2)19-18(20(14(3)4)25-21(22)24-19)16-10-11-23-17(12-16)15-8-6-5-7-9-15/h5-14H,1-4H3. The minimum atomic E-state index is -0.659. The van der Waals surface area contributed by atoms with Crippen molar-refractivity contribution < 1.29 is 4.39 Å². The normalized spacial score (nSPS) is 11.3. The predicted octanol–water partition coefficient (Wildman–Crippen LogP) is 5.59. The number of hydrogen-bond acceptors (Lipinski definition) is 3. The van der Waals surface area contributed by atoms with Crippen LogP contribution in [0.1, 0.15) is 50.9 Å². The van der Waals surface area contributed by atoms with E-state index in [0.717, 1.165) is 33.8 Å². The van der Waals surface area contributed by atoms with Gasteiger partial charge in [0.25, 0.3) is 0 Å². The van der Waals surface area contributed by atoms with Gasteiger partial charge in [-0.25, -0.2) is 9.97 Å². The molecule has 0 unspecified atom stereocenters. The van der Waals surface area contributed by atoms with Gasteiger partial charge >= 0.3 is 6.08 Å². The van der Waals surface area contributed by atoms with Crippen molar-refractivity contribution in [2.45, 2.75) is 39.5 Å². The van der Waals surface area contributed by atoms with Crippen LogP contribution in [0.2, 0.25) is 0 Å². The van der Waals surface area contributed by atoms with Gasteiger partial charge in [-0.15, -0.1) is 0 Å². The van der Waals surface area contributed by atoms with Crippen LogP contribution >= 0.6 is 0 Å². The zero-order chi connectivity index (χ0) is 18.0. The average Bonchev–Trinajstić information content (AvgIpc) is 2.61. The van der Waals surface area contributed by atoms with Crippen LogP contribution in [0.25, 0.3) is 22.4 Å². The Morgan fingerprint density at radius 2 is 1.40 bits per heavy atom. The van der Waals surface area contributed by atoms with Gasteiger partial charge < -0.3 is 0 Å². The first kappa shape index (κ1) is 17.2. The third-order valence-corrected chi connectivity index (χ3v) is 4.15. The Kier molecular flexibility index (Phi) is 4.88. The van der Waals surface area contributed by atoms with Crippen molar-refractivity contribution in [3.8, 4) is 22.4 Å². The number of nitrogens with zero attached hydrogens (tertiary/aromatic N) is 3. The van der Waals surface area contributed by atoms with E-state index in [4.69, 9.17) is 0 Å². The Bertz CT molecular complexity index is 844. The molecule has 2 heterocycles. The van der Waals surface area contributed by atoms with Crippen LogP contribution in [0.15, 0.2) is 48.7 Å². The maximum atomic E-state index is 14.0. The molecule has 0 aliphatic rings. The van der Waals surface area contributed by atoms with E-state index in [-0.39, 0.29) is 11.8 Å². The second kappa shape index (κ2) is 7.09. The molecule has 3 nitrogen and oxygen atoms in total. The SMILES string of the molecule is CC(C)c1nc(F)nc(C(C)C)c1-c1ccnc(-c2ccccc2)c1. The van der Waals surface area contributed by atoms with Crippen LogP contribution in [0.3, 0.4) is 0 Å². The summed E-state index contributed by atoms with van der Waals surface area (Å²) in [5.74, 6) is 0.191. The molecule has 0 atom stereocenters. The molecule has 0 spiro atoms. The topological polar surface area (TPSA) is 38.7 Å². The molecule has 0 aliphatic heterocycles. The number of rotatable bonds is 4. The van der Waals surface area contributed by atoms with Crippen LogP contribution in [-0.2, 0) is 0 Å².